The fourth-order valence-electron chi connectivity index (χ4n) is 1.17. The fraction of sp³-hybridized carbons (Fsp3) is 0.444. The lowest BCUT2D eigenvalue weighted by Gasteiger charge is -2.18. The number of hydrogen-bond acceptors (Lipinski definition) is 5. The summed E-state index contributed by atoms with van der Waals surface area (Å²) in [5.41, 5.74) is 5.50. The quantitative estimate of drug-likeness (QED) is 0.858. The van der Waals surface area contributed by atoms with Gasteiger partial charge in [0, 0.05) is 0 Å². The zero-order valence-corrected chi connectivity index (χ0v) is 10.4. The first-order valence-corrected chi connectivity index (χ1v) is 5.73. The molecule has 0 aliphatic carbocycles. The van der Waals surface area contributed by atoms with Crippen molar-refractivity contribution in [2.75, 3.05) is 5.32 Å². The maximum absolute atomic E-state index is 11.2. The number of rotatable bonds is 4. The number of nitrogens with one attached hydrogen (secondary N) is 1. The maximum atomic E-state index is 11.2. The highest BCUT2D eigenvalue weighted by Gasteiger charge is 2.22. The number of amides is 1. The lowest BCUT2D eigenvalue weighted by Crippen LogP contribution is -2.39. The van der Waals surface area contributed by atoms with Gasteiger partial charge in [-0.25, -0.2) is 0 Å². The molecule has 1 rings (SSSR count). The molecule has 0 aliphatic rings. The van der Waals surface area contributed by atoms with Crippen LogP contribution in [0.1, 0.15) is 19.4 Å². The second-order valence-corrected chi connectivity index (χ2v) is 4.69. The Morgan fingerprint density at radius 3 is 2.75 bits per heavy atom. The van der Waals surface area contributed by atoms with Gasteiger partial charge in [0.2, 0.25) is 5.91 Å². The molecule has 1 heterocycles. The Hall–Kier alpha value is -1.32. The van der Waals surface area contributed by atoms with Crippen LogP contribution in [0.15, 0.2) is 0 Å². The van der Waals surface area contributed by atoms with Crippen LogP contribution in [0.5, 0.6) is 0 Å². The second-order valence-electron chi connectivity index (χ2n) is 3.56. The molecular formula is C9H11ClN4OS. The van der Waals surface area contributed by atoms with Crippen molar-refractivity contribution in [3.8, 4) is 6.07 Å². The monoisotopic (exact) mass is 258 g/mol. The summed E-state index contributed by atoms with van der Waals surface area (Å²) < 4.78 is 3.83. The zero-order chi connectivity index (χ0) is 12.3. The van der Waals surface area contributed by atoms with Crippen molar-refractivity contribution in [1.29, 1.82) is 5.26 Å². The lowest BCUT2D eigenvalue weighted by molar-refractivity contribution is -0.119. The molecule has 16 heavy (non-hydrogen) atoms. The summed E-state index contributed by atoms with van der Waals surface area (Å²) in [7, 11) is 0. The molecule has 1 atom stereocenters. The summed E-state index contributed by atoms with van der Waals surface area (Å²) in [5.74, 6) is -0.451. The van der Waals surface area contributed by atoms with Crippen molar-refractivity contribution in [2.45, 2.75) is 19.9 Å². The first-order chi connectivity index (χ1) is 7.47. The highest BCUT2D eigenvalue weighted by molar-refractivity contribution is 7.10. The van der Waals surface area contributed by atoms with Gasteiger partial charge in [0.25, 0.3) is 0 Å². The van der Waals surface area contributed by atoms with E-state index in [0.29, 0.717) is 5.00 Å². The van der Waals surface area contributed by atoms with Crippen molar-refractivity contribution in [1.82, 2.24) is 4.37 Å². The summed E-state index contributed by atoms with van der Waals surface area (Å²) >= 11 is 6.75. The summed E-state index contributed by atoms with van der Waals surface area (Å²) in [4.78, 5) is 11.2. The Bertz CT molecular complexity index is 437. The number of aromatic nitrogens is 1. The third-order valence-corrected chi connectivity index (χ3v) is 3.17. The minimum Gasteiger partial charge on any atom is -0.368 e. The van der Waals surface area contributed by atoms with Gasteiger partial charge in [-0.3, -0.25) is 4.79 Å². The number of halogens is 1. The average Bonchev–Trinajstić information content (AvgIpc) is 2.54. The molecule has 0 bridgehead atoms. The fourth-order valence-corrected chi connectivity index (χ4v) is 2.15. The Balaban J connectivity index is 2.95. The number of anilines is 1. The summed E-state index contributed by atoms with van der Waals surface area (Å²) in [5, 5.41) is 12.4. The van der Waals surface area contributed by atoms with Crippen LogP contribution in [-0.4, -0.2) is 16.3 Å². The van der Waals surface area contributed by atoms with Gasteiger partial charge in [-0.1, -0.05) is 25.4 Å². The Morgan fingerprint density at radius 1 is 1.69 bits per heavy atom. The van der Waals surface area contributed by atoms with Crippen LogP contribution in [0.2, 0.25) is 5.15 Å². The van der Waals surface area contributed by atoms with E-state index >= 15 is 0 Å². The first-order valence-electron chi connectivity index (χ1n) is 4.58. The van der Waals surface area contributed by atoms with Gasteiger partial charge in [-0.05, 0) is 17.5 Å². The summed E-state index contributed by atoms with van der Waals surface area (Å²) in [6, 6.07) is 1.39. The van der Waals surface area contributed by atoms with Crippen LogP contribution >= 0.6 is 23.1 Å². The largest absolute Gasteiger partial charge is 0.368 e. The number of nitrogens with two attached hydrogens (primary N) is 1. The van der Waals surface area contributed by atoms with Crippen LogP contribution in [0.4, 0.5) is 5.00 Å². The topological polar surface area (TPSA) is 91.8 Å². The van der Waals surface area contributed by atoms with Gasteiger partial charge in [-0.15, -0.1) is 0 Å². The van der Waals surface area contributed by atoms with Crippen LogP contribution in [0.3, 0.4) is 0 Å². The number of nitriles is 1. The SMILES string of the molecule is CC(C)C(Nc1snc(Cl)c1C#N)C(N)=O. The molecule has 5 nitrogen and oxygen atoms in total. The minimum atomic E-state index is -0.538. The number of carbonyl (C=O) groups excluding carboxylic acids is 1. The standard InChI is InChI=1S/C9H11ClN4OS/c1-4(2)6(8(12)15)13-9-5(3-11)7(10)14-16-9/h4,6,13H,1-2H3,(H2,12,15). The van der Waals surface area contributed by atoms with Gasteiger partial charge in [-0.2, -0.15) is 9.64 Å². The third kappa shape index (κ3) is 2.62. The lowest BCUT2D eigenvalue weighted by atomic mass is 10.0. The van der Waals surface area contributed by atoms with Gasteiger partial charge < -0.3 is 11.1 Å². The normalized spacial score (nSPS) is 12.2. The Labute approximate surface area is 102 Å². The summed E-state index contributed by atoms with van der Waals surface area (Å²) in [6.45, 7) is 3.72. The molecule has 0 saturated carbocycles. The van der Waals surface area contributed by atoms with E-state index in [1.807, 2.05) is 19.9 Å². The molecular weight excluding hydrogens is 248 g/mol. The van der Waals surface area contributed by atoms with E-state index in [0.717, 1.165) is 11.5 Å². The molecule has 1 aromatic rings. The molecule has 0 saturated heterocycles. The van der Waals surface area contributed by atoms with Crippen LogP contribution in [0.25, 0.3) is 0 Å². The van der Waals surface area contributed by atoms with Gasteiger partial charge in [0.15, 0.2) is 5.15 Å². The molecule has 0 fully saturated rings. The number of hydrogen-bond donors (Lipinski definition) is 2. The minimum absolute atomic E-state index is 0.0184. The van der Waals surface area contributed by atoms with Crippen LogP contribution in [0, 0.1) is 17.2 Å². The first kappa shape index (κ1) is 12.7. The van der Waals surface area contributed by atoms with Gasteiger partial charge in [0.05, 0.1) is 0 Å². The number of nitrogens with zero attached hydrogens (tertiary/aromatic N) is 2. The Morgan fingerprint density at radius 2 is 2.31 bits per heavy atom. The molecule has 0 aliphatic heterocycles. The predicted molar refractivity (Wildman–Crippen MR) is 63.3 cm³/mol. The van der Waals surface area contributed by atoms with Crippen molar-refractivity contribution in [3.63, 3.8) is 0 Å². The van der Waals surface area contributed by atoms with E-state index in [-0.39, 0.29) is 16.6 Å². The molecule has 1 unspecified atom stereocenters. The molecule has 86 valence electrons. The van der Waals surface area contributed by atoms with E-state index in [2.05, 4.69) is 9.69 Å². The molecule has 1 aromatic heterocycles. The number of carbonyl (C=O) groups is 1. The molecule has 0 spiro atoms. The number of primary amides is 1. The smallest absolute Gasteiger partial charge is 0.240 e. The molecule has 1 amide bonds. The predicted octanol–water partition coefficient (Wildman–Crippen LogP) is 1.59. The molecule has 7 heteroatoms. The zero-order valence-electron chi connectivity index (χ0n) is 8.82. The van der Waals surface area contributed by atoms with Gasteiger partial charge >= 0.3 is 0 Å². The average molecular weight is 259 g/mol. The Kier molecular flexibility index (Phi) is 4.10. The molecule has 0 radical (unpaired) electrons. The second kappa shape index (κ2) is 5.14. The third-order valence-electron chi connectivity index (χ3n) is 2.02. The maximum Gasteiger partial charge on any atom is 0.240 e. The summed E-state index contributed by atoms with van der Waals surface area (Å²) in [6.07, 6.45) is 0. The van der Waals surface area contributed by atoms with E-state index in [4.69, 9.17) is 22.6 Å². The van der Waals surface area contributed by atoms with Crippen LogP contribution in [-0.2, 0) is 4.79 Å². The highest BCUT2D eigenvalue weighted by Crippen LogP contribution is 2.28. The van der Waals surface area contributed by atoms with E-state index in [1.165, 1.54) is 0 Å². The van der Waals surface area contributed by atoms with Crippen molar-refractivity contribution < 1.29 is 4.79 Å². The van der Waals surface area contributed by atoms with Crippen molar-refractivity contribution >= 4 is 34.0 Å². The van der Waals surface area contributed by atoms with E-state index < -0.39 is 11.9 Å². The van der Waals surface area contributed by atoms with E-state index in [9.17, 15) is 4.79 Å². The molecule has 3 N–H and O–H groups in total. The van der Waals surface area contributed by atoms with Crippen molar-refractivity contribution in [2.24, 2.45) is 11.7 Å². The highest BCUT2D eigenvalue weighted by atomic mass is 35.5. The molecule has 0 aromatic carbocycles. The van der Waals surface area contributed by atoms with Crippen LogP contribution < -0.4 is 11.1 Å². The van der Waals surface area contributed by atoms with Gasteiger partial charge in [0.1, 0.15) is 22.7 Å². The van der Waals surface area contributed by atoms with E-state index in [1.54, 1.807) is 0 Å². The van der Waals surface area contributed by atoms with Crippen molar-refractivity contribution in [3.05, 3.63) is 10.7 Å².